The lowest BCUT2D eigenvalue weighted by Gasteiger charge is -2.41. The molecule has 2 N–H and O–H groups in total. The van der Waals surface area contributed by atoms with Crippen LogP contribution in [0.5, 0.6) is 0 Å². The van der Waals surface area contributed by atoms with Gasteiger partial charge in [-0.05, 0) is 43.3 Å². The van der Waals surface area contributed by atoms with Crippen LogP contribution in [-0.4, -0.2) is 49.1 Å². The first-order chi connectivity index (χ1) is 15.6. The molecular weight excluding hydrogens is 426 g/mol. The lowest BCUT2D eigenvalue weighted by atomic mass is 9.77. The third-order valence-electron chi connectivity index (χ3n) is 7.65. The summed E-state index contributed by atoms with van der Waals surface area (Å²) in [7, 11) is 0. The van der Waals surface area contributed by atoms with Crippen LogP contribution in [0.4, 0.5) is 11.8 Å². The minimum absolute atomic E-state index is 0.0592. The normalized spacial score (nSPS) is 24.7. The van der Waals surface area contributed by atoms with Crippen LogP contribution in [0.15, 0.2) is 9.31 Å². The Hall–Kier alpha value is -1.84. The average Bonchev–Trinajstić information content (AvgIpc) is 3.40. The maximum absolute atomic E-state index is 12.7. The van der Waals surface area contributed by atoms with E-state index < -0.39 is 11.2 Å². The van der Waals surface area contributed by atoms with Crippen LogP contribution in [0, 0.1) is 0 Å². The first kappa shape index (κ1) is 20.7. The van der Waals surface area contributed by atoms with Crippen molar-refractivity contribution in [1.82, 2.24) is 15.0 Å². The Morgan fingerprint density at radius 2 is 1.94 bits per heavy atom. The molecule has 2 saturated carbocycles. The summed E-state index contributed by atoms with van der Waals surface area (Å²) >= 11 is -1.09. The van der Waals surface area contributed by atoms with Gasteiger partial charge in [0, 0.05) is 25.3 Å². The molecule has 4 aliphatic rings. The number of aliphatic hydroxyl groups is 1. The number of oxazole rings is 1. The zero-order chi connectivity index (χ0) is 21.7. The molecule has 2 fully saturated rings. The van der Waals surface area contributed by atoms with Crippen molar-refractivity contribution in [1.29, 1.82) is 0 Å². The van der Waals surface area contributed by atoms with E-state index in [1.54, 1.807) is 0 Å². The summed E-state index contributed by atoms with van der Waals surface area (Å²) in [6, 6.07) is 0. The van der Waals surface area contributed by atoms with Gasteiger partial charge in [-0.1, -0.05) is 19.3 Å². The molecule has 0 radical (unpaired) electrons. The molecule has 0 unspecified atom stereocenters. The number of anilines is 2. The van der Waals surface area contributed by atoms with Crippen molar-refractivity contribution in [2.24, 2.45) is 0 Å². The Morgan fingerprint density at radius 1 is 1.09 bits per heavy atom. The van der Waals surface area contributed by atoms with Gasteiger partial charge in [0.25, 0.3) is 0 Å². The zero-order valence-corrected chi connectivity index (χ0v) is 19.3. The summed E-state index contributed by atoms with van der Waals surface area (Å²) < 4.78 is 18.8. The second-order valence-electron chi connectivity index (χ2n) is 9.79. The third kappa shape index (κ3) is 3.58. The molecule has 6 rings (SSSR count). The molecule has 4 heterocycles. The van der Waals surface area contributed by atoms with Gasteiger partial charge in [-0.2, -0.15) is 4.98 Å². The molecule has 2 aromatic heterocycles. The van der Waals surface area contributed by atoms with Gasteiger partial charge in [0.1, 0.15) is 22.9 Å². The number of fused-ring (bicyclic) bond motifs is 2. The fraction of sp³-hybridized carbons (Fsp3) is 0.696. The predicted molar refractivity (Wildman–Crippen MR) is 121 cm³/mol. The summed E-state index contributed by atoms with van der Waals surface area (Å²) in [5, 5.41) is 13.4. The minimum atomic E-state index is -1.09. The number of hydrogen-bond acceptors (Lipinski definition) is 8. The highest BCUT2D eigenvalue weighted by Gasteiger charge is 2.41. The lowest BCUT2D eigenvalue weighted by Crippen LogP contribution is -2.49. The van der Waals surface area contributed by atoms with Crippen LogP contribution in [-0.2, 0) is 30.6 Å². The Kier molecular flexibility index (Phi) is 5.30. The van der Waals surface area contributed by atoms with E-state index in [1.165, 1.54) is 32.1 Å². The summed E-state index contributed by atoms with van der Waals surface area (Å²) in [5.74, 6) is 4.28. The van der Waals surface area contributed by atoms with Crippen molar-refractivity contribution in [3.63, 3.8) is 0 Å². The summed E-state index contributed by atoms with van der Waals surface area (Å²) in [4.78, 5) is 17.4. The van der Waals surface area contributed by atoms with Crippen LogP contribution in [0.2, 0.25) is 0 Å². The Morgan fingerprint density at radius 3 is 2.69 bits per heavy atom. The fourth-order valence-corrected chi connectivity index (χ4v) is 6.81. The molecule has 0 saturated heterocycles. The molecule has 172 valence electrons. The molecule has 2 aromatic rings. The summed E-state index contributed by atoms with van der Waals surface area (Å²) in [6.45, 7) is 1.47. The fourth-order valence-electron chi connectivity index (χ4n) is 5.50. The molecule has 2 aliphatic carbocycles. The Bertz CT molecular complexity index is 996. The quantitative estimate of drug-likeness (QED) is 0.659. The van der Waals surface area contributed by atoms with E-state index in [1.807, 2.05) is 0 Å². The molecule has 32 heavy (non-hydrogen) atoms. The minimum Gasteiger partial charge on any atom is -0.611 e. The van der Waals surface area contributed by atoms with Crippen molar-refractivity contribution in [3.05, 3.63) is 23.0 Å². The maximum atomic E-state index is 12.7. The van der Waals surface area contributed by atoms with Gasteiger partial charge in [-0.3, -0.25) is 0 Å². The highest BCUT2D eigenvalue weighted by Crippen LogP contribution is 2.40. The zero-order valence-electron chi connectivity index (χ0n) is 18.4. The van der Waals surface area contributed by atoms with Gasteiger partial charge in [0.15, 0.2) is 11.7 Å². The van der Waals surface area contributed by atoms with Gasteiger partial charge in [0.2, 0.25) is 10.8 Å². The molecule has 1 atom stereocenters. The van der Waals surface area contributed by atoms with Crippen molar-refractivity contribution in [3.8, 4) is 0 Å². The monoisotopic (exact) mass is 457 g/mol. The molecule has 0 spiro atoms. The van der Waals surface area contributed by atoms with E-state index in [2.05, 4.69) is 10.2 Å². The van der Waals surface area contributed by atoms with Crippen LogP contribution >= 0.6 is 0 Å². The highest BCUT2D eigenvalue weighted by atomic mass is 32.2. The molecule has 9 heteroatoms. The standard InChI is InChI=1S/C23H31N5O3S/c29-14-23(9-4-10-23)27-20-19-16(8-12-32(19)30)25-22(26-20)28-11-7-18-17(13-28)24-21(31-18)15-5-2-1-3-6-15/h15,29H,1-14H2,(H,25,26,27)/t32-/m1/s1. The second-order valence-corrected chi connectivity index (χ2v) is 11.3. The SMILES string of the molecule is [O-][S@+]1CCc2nc(N3CCc4oc(C5CCCCC5)nc4C3)nc(NC3(CO)CCC3)c21. The van der Waals surface area contributed by atoms with Gasteiger partial charge in [-0.25, -0.2) is 9.97 Å². The smallest absolute Gasteiger partial charge is 0.228 e. The van der Waals surface area contributed by atoms with Gasteiger partial charge < -0.3 is 24.3 Å². The summed E-state index contributed by atoms with van der Waals surface area (Å²) in [6.07, 6.45) is 10.6. The van der Waals surface area contributed by atoms with Crippen molar-refractivity contribution < 1.29 is 14.1 Å². The summed E-state index contributed by atoms with van der Waals surface area (Å²) in [5.41, 5.74) is 1.53. The number of nitrogens with one attached hydrogen (secondary N) is 1. The average molecular weight is 458 g/mol. The number of aliphatic hydroxyl groups excluding tert-OH is 1. The van der Waals surface area contributed by atoms with E-state index in [-0.39, 0.29) is 12.1 Å². The highest BCUT2D eigenvalue weighted by molar-refractivity contribution is 7.91. The van der Waals surface area contributed by atoms with Crippen LogP contribution < -0.4 is 10.2 Å². The third-order valence-corrected chi connectivity index (χ3v) is 9.11. The molecule has 0 aromatic carbocycles. The Balaban J connectivity index is 1.28. The van der Waals surface area contributed by atoms with E-state index >= 15 is 0 Å². The molecular formula is C23H31N5O3S. The number of rotatable bonds is 5. The molecule has 2 aliphatic heterocycles. The van der Waals surface area contributed by atoms with Crippen molar-refractivity contribution in [2.45, 2.75) is 87.1 Å². The first-order valence-electron chi connectivity index (χ1n) is 12.1. The number of aryl methyl sites for hydroxylation is 1. The van der Waals surface area contributed by atoms with E-state index in [9.17, 15) is 9.66 Å². The van der Waals surface area contributed by atoms with E-state index in [0.29, 0.717) is 36.4 Å². The predicted octanol–water partition coefficient (Wildman–Crippen LogP) is 3.07. The first-order valence-corrected chi connectivity index (χ1v) is 13.4. The largest absolute Gasteiger partial charge is 0.611 e. The van der Waals surface area contributed by atoms with Crippen LogP contribution in [0.25, 0.3) is 0 Å². The van der Waals surface area contributed by atoms with Crippen molar-refractivity contribution in [2.75, 3.05) is 29.1 Å². The van der Waals surface area contributed by atoms with E-state index in [4.69, 9.17) is 19.4 Å². The number of nitrogens with zero attached hydrogens (tertiary/aromatic N) is 4. The van der Waals surface area contributed by atoms with Crippen LogP contribution in [0.1, 0.15) is 80.3 Å². The molecule has 0 amide bonds. The molecule has 8 nitrogen and oxygen atoms in total. The second kappa shape index (κ2) is 8.18. The van der Waals surface area contributed by atoms with Crippen molar-refractivity contribution >= 4 is 22.9 Å². The van der Waals surface area contributed by atoms with Crippen LogP contribution in [0.3, 0.4) is 0 Å². The number of hydrogen-bond donors (Lipinski definition) is 2. The lowest BCUT2D eigenvalue weighted by molar-refractivity contribution is 0.143. The van der Waals surface area contributed by atoms with Gasteiger partial charge >= 0.3 is 0 Å². The van der Waals surface area contributed by atoms with Gasteiger partial charge in [-0.15, -0.1) is 0 Å². The Labute approximate surface area is 191 Å². The number of aromatic nitrogens is 3. The van der Waals surface area contributed by atoms with Gasteiger partial charge in [0.05, 0.1) is 18.7 Å². The van der Waals surface area contributed by atoms with E-state index in [0.717, 1.165) is 60.2 Å². The maximum Gasteiger partial charge on any atom is 0.228 e. The topological polar surface area (TPSA) is 110 Å². The molecule has 0 bridgehead atoms.